The van der Waals surface area contributed by atoms with Crippen LogP contribution in [0.1, 0.15) is 36.3 Å². The quantitative estimate of drug-likeness (QED) is 0.654. The van der Waals surface area contributed by atoms with Gasteiger partial charge in [0.2, 0.25) is 12.0 Å². The number of halogens is 1. The number of para-hydroxylation sites is 2. The second kappa shape index (κ2) is 7.11. The largest absolute Gasteiger partial charge is 0.485 e. The molecule has 144 valence electrons. The molecule has 1 saturated heterocycles. The van der Waals surface area contributed by atoms with Crippen LogP contribution >= 0.6 is 11.6 Å². The lowest BCUT2D eigenvalue weighted by molar-refractivity contribution is 0.0481. The third-order valence-corrected chi connectivity index (χ3v) is 5.63. The molecule has 0 unspecified atom stereocenters. The molecule has 6 nitrogen and oxygen atoms in total. The molecular formula is C21H19ClN2O4. The Hall–Kier alpha value is -2.57. The van der Waals surface area contributed by atoms with Crippen LogP contribution in [0, 0.1) is 0 Å². The molecular weight excluding hydrogens is 380 g/mol. The minimum absolute atomic E-state index is 0.329. The average Bonchev–Trinajstić information content (AvgIpc) is 3.25. The van der Waals surface area contributed by atoms with E-state index in [4.69, 9.17) is 30.2 Å². The highest BCUT2D eigenvalue weighted by Crippen LogP contribution is 2.42. The van der Waals surface area contributed by atoms with E-state index < -0.39 is 6.10 Å². The van der Waals surface area contributed by atoms with Crippen LogP contribution in [0.4, 0.5) is 0 Å². The fourth-order valence-corrected chi connectivity index (χ4v) is 3.94. The highest BCUT2D eigenvalue weighted by Gasteiger charge is 2.42. The lowest BCUT2D eigenvalue weighted by Crippen LogP contribution is -2.35. The predicted octanol–water partition coefficient (Wildman–Crippen LogP) is 4.33. The van der Waals surface area contributed by atoms with Crippen LogP contribution in [0.2, 0.25) is 5.02 Å². The molecule has 1 aromatic heterocycles. The second-order valence-electron chi connectivity index (χ2n) is 7.01. The van der Waals surface area contributed by atoms with E-state index in [0.29, 0.717) is 42.4 Å². The Kier molecular flexibility index (Phi) is 4.45. The van der Waals surface area contributed by atoms with Gasteiger partial charge in [-0.3, -0.25) is 0 Å². The lowest BCUT2D eigenvalue weighted by atomic mass is 9.74. The van der Waals surface area contributed by atoms with Crippen molar-refractivity contribution in [2.24, 2.45) is 0 Å². The van der Waals surface area contributed by atoms with E-state index in [1.165, 1.54) is 0 Å². The molecule has 2 aromatic carbocycles. The van der Waals surface area contributed by atoms with Gasteiger partial charge < -0.3 is 18.6 Å². The first-order valence-electron chi connectivity index (χ1n) is 9.31. The maximum absolute atomic E-state index is 6.15. The third-order valence-electron chi connectivity index (χ3n) is 5.38. The maximum atomic E-state index is 6.15. The summed E-state index contributed by atoms with van der Waals surface area (Å²) in [6.07, 6.45) is 1.10. The molecule has 1 fully saturated rings. The summed E-state index contributed by atoms with van der Waals surface area (Å²) in [6.45, 7) is 1.60. The summed E-state index contributed by atoms with van der Waals surface area (Å²) in [7, 11) is 0. The van der Waals surface area contributed by atoms with E-state index in [0.717, 1.165) is 24.2 Å². The van der Waals surface area contributed by atoms with Crippen molar-refractivity contribution in [2.45, 2.75) is 24.4 Å². The molecule has 5 rings (SSSR count). The molecule has 28 heavy (non-hydrogen) atoms. The Morgan fingerprint density at radius 1 is 0.929 bits per heavy atom. The van der Waals surface area contributed by atoms with Gasteiger partial charge in [-0.2, -0.15) is 0 Å². The monoisotopic (exact) mass is 398 g/mol. The SMILES string of the molecule is Clc1ccc(C2(c3nnc([C@H]4COc5ccccc5O4)o3)CCOCC2)cc1. The molecule has 0 radical (unpaired) electrons. The molecule has 3 aromatic rings. The molecule has 0 spiro atoms. The lowest BCUT2D eigenvalue weighted by Gasteiger charge is -2.34. The Morgan fingerprint density at radius 3 is 2.46 bits per heavy atom. The molecule has 0 saturated carbocycles. The van der Waals surface area contributed by atoms with Crippen molar-refractivity contribution in [3.05, 3.63) is 70.9 Å². The van der Waals surface area contributed by atoms with Crippen molar-refractivity contribution in [3.63, 3.8) is 0 Å². The summed E-state index contributed by atoms with van der Waals surface area (Å²) < 4.78 is 23.5. The summed E-state index contributed by atoms with van der Waals surface area (Å²) in [4.78, 5) is 0. The van der Waals surface area contributed by atoms with E-state index >= 15 is 0 Å². The first-order valence-corrected chi connectivity index (χ1v) is 9.69. The number of hydrogen-bond acceptors (Lipinski definition) is 6. The summed E-state index contributed by atoms with van der Waals surface area (Å²) in [6, 6.07) is 15.4. The van der Waals surface area contributed by atoms with Gasteiger partial charge in [0.05, 0.1) is 5.41 Å². The number of nitrogens with zero attached hydrogens (tertiary/aromatic N) is 2. The van der Waals surface area contributed by atoms with Gasteiger partial charge in [-0.25, -0.2) is 0 Å². The van der Waals surface area contributed by atoms with E-state index in [1.54, 1.807) is 0 Å². The number of aromatic nitrogens is 2. The zero-order valence-corrected chi connectivity index (χ0v) is 15.9. The van der Waals surface area contributed by atoms with Crippen molar-refractivity contribution in [1.82, 2.24) is 10.2 Å². The van der Waals surface area contributed by atoms with Crippen molar-refractivity contribution in [1.29, 1.82) is 0 Å². The van der Waals surface area contributed by atoms with Gasteiger partial charge in [-0.05, 0) is 42.7 Å². The van der Waals surface area contributed by atoms with E-state index in [-0.39, 0.29) is 5.41 Å². The van der Waals surface area contributed by atoms with Crippen LogP contribution in [-0.4, -0.2) is 30.0 Å². The zero-order valence-electron chi connectivity index (χ0n) is 15.1. The zero-order chi connectivity index (χ0) is 19.0. The van der Waals surface area contributed by atoms with Gasteiger partial charge in [0.25, 0.3) is 5.89 Å². The van der Waals surface area contributed by atoms with Gasteiger partial charge in [0.15, 0.2) is 11.5 Å². The average molecular weight is 399 g/mol. The molecule has 0 bridgehead atoms. The number of rotatable bonds is 3. The summed E-state index contributed by atoms with van der Waals surface area (Å²) >= 11 is 6.08. The van der Waals surface area contributed by atoms with Crippen LogP contribution in [0.25, 0.3) is 0 Å². The van der Waals surface area contributed by atoms with Crippen molar-refractivity contribution in [3.8, 4) is 11.5 Å². The highest BCUT2D eigenvalue weighted by molar-refractivity contribution is 6.30. The second-order valence-corrected chi connectivity index (χ2v) is 7.45. The first kappa shape index (κ1) is 17.5. The standard InChI is InChI=1S/C21H19ClN2O4/c22-15-7-5-14(6-8-15)21(9-11-25-12-10-21)20-24-23-19(28-20)18-13-26-16-3-1-2-4-17(16)27-18/h1-8,18H,9-13H2/t18-/m1/s1. The topological polar surface area (TPSA) is 66.6 Å². The van der Waals surface area contributed by atoms with Crippen LogP contribution < -0.4 is 9.47 Å². The Labute approximate surface area is 167 Å². The van der Waals surface area contributed by atoms with Gasteiger partial charge in [0.1, 0.15) is 6.61 Å². The van der Waals surface area contributed by atoms with Crippen LogP contribution in [-0.2, 0) is 10.2 Å². The predicted molar refractivity (Wildman–Crippen MR) is 102 cm³/mol. The molecule has 7 heteroatoms. The van der Waals surface area contributed by atoms with Crippen LogP contribution in [0.15, 0.2) is 52.9 Å². The van der Waals surface area contributed by atoms with E-state index in [9.17, 15) is 0 Å². The molecule has 0 N–H and O–H groups in total. The number of hydrogen-bond donors (Lipinski definition) is 0. The number of fused-ring (bicyclic) bond motifs is 1. The van der Waals surface area contributed by atoms with Gasteiger partial charge >= 0.3 is 0 Å². The fourth-order valence-electron chi connectivity index (χ4n) is 3.81. The maximum Gasteiger partial charge on any atom is 0.260 e. The van der Waals surface area contributed by atoms with E-state index in [1.807, 2.05) is 48.5 Å². The third kappa shape index (κ3) is 3.02. The van der Waals surface area contributed by atoms with Crippen molar-refractivity contribution >= 4 is 11.6 Å². The molecule has 3 heterocycles. The smallest absolute Gasteiger partial charge is 0.260 e. The summed E-state index contributed by atoms with van der Waals surface area (Å²) in [5.74, 6) is 2.40. The molecule has 2 aliphatic heterocycles. The van der Waals surface area contributed by atoms with Crippen LogP contribution in [0.5, 0.6) is 11.5 Å². The van der Waals surface area contributed by atoms with E-state index in [2.05, 4.69) is 10.2 Å². The molecule has 0 aliphatic carbocycles. The van der Waals surface area contributed by atoms with Crippen LogP contribution in [0.3, 0.4) is 0 Å². The first-order chi connectivity index (χ1) is 13.7. The fraction of sp³-hybridized carbons (Fsp3) is 0.333. The Balaban J connectivity index is 1.47. The molecule has 0 amide bonds. The van der Waals surface area contributed by atoms with Gasteiger partial charge in [0, 0.05) is 18.2 Å². The summed E-state index contributed by atoms with van der Waals surface area (Å²) in [5.41, 5.74) is 0.711. The number of ether oxygens (including phenoxy) is 3. The Bertz CT molecular complexity index is 967. The normalized spacial score (nSPS) is 20.7. The van der Waals surface area contributed by atoms with Gasteiger partial charge in [-0.1, -0.05) is 35.9 Å². The highest BCUT2D eigenvalue weighted by atomic mass is 35.5. The van der Waals surface area contributed by atoms with Crippen molar-refractivity contribution in [2.75, 3.05) is 19.8 Å². The molecule has 1 atom stereocenters. The van der Waals surface area contributed by atoms with Crippen molar-refractivity contribution < 1.29 is 18.6 Å². The minimum atomic E-state index is -0.432. The number of benzene rings is 2. The molecule has 2 aliphatic rings. The minimum Gasteiger partial charge on any atom is -0.485 e. The Morgan fingerprint density at radius 2 is 1.68 bits per heavy atom. The van der Waals surface area contributed by atoms with Gasteiger partial charge in [-0.15, -0.1) is 10.2 Å². The summed E-state index contributed by atoms with van der Waals surface area (Å²) in [5, 5.41) is 9.39.